The van der Waals surface area contributed by atoms with Crippen molar-refractivity contribution < 1.29 is 9.53 Å². The second-order valence-electron chi connectivity index (χ2n) is 3.52. The van der Waals surface area contributed by atoms with Crippen LogP contribution in [0, 0.1) is 6.92 Å². The Morgan fingerprint density at radius 3 is 2.59 bits per heavy atom. The van der Waals surface area contributed by atoms with E-state index in [0.717, 1.165) is 16.4 Å². The lowest BCUT2D eigenvalue weighted by molar-refractivity contribution is 0.102. The molecule has 2 rings (SSSR count). The molecule has 0 bridgehead atoms. The molecule has 2 aromatic rings. The van der Waals surface area contributed by atoms with E-state index < -0.39 is 0 Å². The molecule has 0 radical (unpaired) electrons. The van der Waals surface area contributed by atoms with Crippen molar-refractivity contribution in [1.82, 2.24) is 4.37 Å². The number of aryl methyl sites for hydroxylation is 1. The highest BCUT2D eigenvalue weighted by Gasteiger charge is 2.07. The molecule has 1 amide bonds. The number of carbonyl (C=O) groups excluding carboxylic acids is 1. The Labute approximate surface area is 103 Å². The number of carbonyl (C=O) groups is 1. The maximum Gasteiger partial charge on any atom is 0.256 e. The first-order chi connectivity index (χ1) is 8.19. The van der Waals surface area contributed by atoms with E-state index in [1.807, 2.05) is 13.0 Å². The van der Waals surface area contributed by atoms with E-state index in [4.69, 9.17) is 4.74 Å². The quantitative estimate of drug-likeness (QED) is 0.908. The van der Waals surface area contributed by atoms with Crippen molar-refractivity contribution in [1.29, 1.82) is 0 Å². The van der Waals surface area contributed by atoms with Gasteiger partial charge in [-0.15, -0.1) is 0 Å². The summed E-state index contributed by atoms with van der Waals surface area (Å²) in [6.07, 6.45) is 0. The predicted octanol–water partition coefficient (Wildman–Crippen LogP) is 2.71. The summed E-state index contributed by atoms with van der Waals surface area (Å²) < 4.78 is 9.13. The first kappa shape index (κ1) is 11.6. The standard InChI is InChI=1S/C12H12N2O2S/c1-8-7-11(17-14-8)13-12(15)9-3-5-10(16-2)6-4-9/h3-7H,1-2H3,(H,13,15). The fraction of sp³-hybridized carbons (Fsp3) is 0.167. The summed E-state index contributed by atoms with van der Waals surface area (Å²) in [6.45, 7) is 1.89. The molecule has 1 aromatic heterocycles. The van der Waals surface area contributed by atoms with Crippen LogP contribution in [0.15, 0.2) is 30.3 Å². The van der Waals surface area contributed by atoms with Crippen LogP contribution < -0.4 is 10.1 Å². The predicted molar refractivity (Wildman–Crippen MR) is 67.8 cm³/mol. The zero-order valence-corrected chi connectivity index (χ0v) is 10.4. The number of hydrogen-bond acceptors (Lipinski definition) is 4. The number of benzene rings is 1. The number of hydrogen-bond donors (Lipinski definition) is 1. The summed E-state index contributed by atoms with van der Waals surface area (Å²) in [4.78, 5) is 11.8. The SMILES string of the molecule is COc1ccc(C(=O)Nc2cc(C)ns2)cc1. The second kappa shape index (κ2) is 4.97. The van der Waals surface area contributed by atoms with Crippen molar-refractivity contribution in [2.45, 2.75) is 6.92 Å². The fourth-order valence-electron chi connectivity index (χ4n) is 1.35. The Balaban J connectivity index is 2.09. The molecule has 0 unspecified atom stereocenters. The van der Waals surface area contributed by atoms with Crippen molar-refractivity contribution >= 4 is 22.4 Å². The van der Waals surface area contributed by atoms with Crippen LogP contribution in [-0.2, 0) is 0 Å². The third kappa shape index (κ3) is 2.82. The molecule has 5 heteroatoms. The molecule has 0 aliphatic rings. The van der Waals surface area contributed by atoms with Crippen molar-refractivity contribution in [3.63, 3.8) is 0 Å². The molecule has 0 saturated carbocycles. The van der Waals surface area contributed by atoms with Gasteiger partial charge in [-0.2, -0.15) is 4.37 Å². The van der Waals surface area contributed by atoms with Crippen LogP contribution in [0.4, 0.5) is 5.00 Å². The lowest BCUT2D eigenvalue weighted by Gasteiger charge is -2.03. The highest BCUT2D eigenvalue weighted by atomic mass is 32.1. The van der Waals surface area contributed by atoms with E-state index in [1.165, 1.54) is 11.5 Å². The molecule has 0 aliphatic heterocycles. The topological polar surface area (TPSA) is 51.2 Å². The number of anilines is 1. The number of nitrogens with one attached hydrogen (secondary N) is 1. The van der Waals surface area contributed by atoms with Gasteiger partial charge >= 0.3 is 0 Å². The van der Waals surface area contributed by atoms with E-state index in [9.17, 15) is 4.79 Å². The molecular formula is C12H12N2O2S. The Hall–Kier alpha value is -1.88. The fourth-order valence-corrected chi connectivity index (χ4v) is 2.01. The lowest BCUT2D eigenvalue weighted by Crippen LogP contribution is -2.10. The second-order valence-corrected chi connectivity index (χ2v) is 4.32. The van der Waals surface area contributed by atoms with Crippen LogP contribution in [0.3, 0.4) is 0 Å². The zero-order chi connectivity index (χ0) is 12.3. The summed E-state index contributed by atoms with van der Waals surface area (Å²) >= 11 is 1.27. The number of aromatic nitrogens is 1. The Morgan fingerprint density at radius 1 is 1.35 bits per heavy atom. The van der Waals surface area contributed by atoms with Gasteiger partial charge in [-0.25, -0.2) is 0 Å². The third-order valence-corrected chi connectivity index (χ3v) is 3.01. The van der Waals surface area contributed by atoms with Gasteiger partial charge in [-0.05, 0) is 48.8 Å². The van der Waals surface area contributed by atoms with Crippen LogP contribution in [0.2, 0.25) is 0 Å². The van der Waals surface area contributed by atoms with Gasteiger partial charge in [0.25, 0.3) is 5.91 Å². The van der Waals surface area contributed by atoms with Crippen molar-refractivity contribution in [3.8, 4) is 5.75 Å². The van der Waals surface area contributed by atoms with Crippen LogP contribution in [0.25, 0.3) is 0 Å². The van der Waals surface area contributed by atoms with Crippen LogP contribution in [-0.4, -0.2) is 17.4 Å². The van der Waals surface area contributed by atoms with Crippen molar-refractivity contribution in [3.05, 3.63) is 41.6 Å². The number of amides is 1. The number of methoxy groups -OCH3 is 1. The van der Waals surface area contributed by atoms with E-state index in [0.29, 0.717) is 5.56 Å². The van der Waals surface area contributed by atoms with Gasteiger partial charge in [0.05, 0.1) is 12.8 Å². The average molecular weight is 248 g/mol. The zero-order valence-electron chi connectivity index (χ0n) is 9.56. The van der Waals surface area contributed by atoms with Gasteiger partial charge in [0.15, 0.2) is 0 Å². The summed E-state index contributed by atoms with van der Waals surface area (Å²) in [5.74, 6) is 0.589. The smallest absolute Gasteiger partial charge is 0.256 e. The van der Waals surface area contributed by atoms with Gasteiger partial charge in [-0.3, -0.25) is 4.79 Å². The van der Waals surface area contributed by atoms with E-state index >= 15 is 0 Å². The summed E-state index contributed by atoms with van der Waals surface area (Å²) in [5.41, 5.74) is 1.50. The maximum atomic E-state index is 11.8. The minimum atomic E-state index is -0.142. The van der Waals surface area contributed by atoms with Gasteiger partial charge in [-0.1, -0.05) is 0 Å². The highest BCUT2D eigenvalue weighted by Crippen LogP contribution is 2.17. The molecule has 0 aliphatic carbocycles. The molecule has 17 heavy (non-hydrogen) atoms. The molecule has 88 valence electrons. The Kier molecular flexibility index (Phi) is 3.39. The molecule has 1 N–H and O–H groups in total. The molecular weight excluding hydrogens is 236 g/mol. The monoisotopic (exact) mass is 248 g/mol. The molecule has 0 saturated heterocycles. The molecule has 0 fully saturated rings. The van der Waals surface area contributed by atoms with Crippen LogP contribution in [0.1, 0.15) is 16.1 Å². The van der Waals surface area contributed by atoms with E-state index in [2.05, 4.69) is 9.69 Å². The van der Waals surface area contributed by atoms with Gasteiger partial charge < -0.3 is 10.1 Å². The molecule has 1 aromatic carbocycles. The van der Waals surface area contributed by atoms with Crippen molar-refractivity contribution in [2.75, 3.05) is 12.4 Å². The molecule has 4 nitrogen and oxygen atoms in total. The highest BCUT2D eigenvalue weighted by molar-refractivity contribution is 7.10. The largest absolute Gasteiger partial charge is 0.497 e. The Morgan fingerprint density at radius 2 is 2.06 bits per heavy atom. The van der Waals surface area contributed by atoms with Gasteiger partial charge in [0, 0.05) is 5.56 Å². The van der Waals surface area contributed by atoms with Crippen LogP contribution >= 0.6 is 11.5 Å². The Bertz CT molecular complexity index is 520. The normalized spacial score (nSPS) is 10.0. The third-order valence-electron chi connectivity index (χ3n) is 2.22. The molecule has 0 spiro atoms. The minimum absolute atomic E-state index is 0.142. The van der Waals surface area contributed by atoms with Gasteiger partial charge in [0.1, 0.15) is 10.8 Å². The number of nitrogens with zero attached hydrogens (tertiary/aromatic N) is 1. The van der Waals surface area contributed by atoms with Crippen LogP contribution in [0.5, 0.6) is 5.75 Å². The van der Waals surface area contributed by atoms with E-state index in [-0.39, 0.29) is 5.91 Å². The summed E-state index contributed by atoms with van der Waals surface area (Å²) in [5, 5.41) is 3.55. The average Bonchev–Trinajstić information content (AvgIpc) is 2.75. The summed E-state index contributed by atoms with van der Waals surface area (Å²) in [7, 11) is 1.59. The summed E-state index contributed by atoms with van der Waals surface area (Å²) in [6, 6.07) is 8.80. The van der Waals surface area contributed by atoms with Gasteiger partial charge in [0.2, 0.25) is 0 Å². The first-order valence-corrected chi connectivity index (χ1v) is 5.85. The number of ether oxygens (including phenoxy) is 1. The lowest BCUT2D eigenvalue weighted by atomic mass is 10.2. The number of rotatable bonds is 3. The minimum Gasteiger partial charge on any atom is -0.497 e. The molecule has 1 heterocycles. The van der Waals surface area contributed by atoms with E-state index in [1.54, 1.807) is 31.4 Å². The molecule has 0 atom stereocenters. The maximum absolute atomic E-state index is 11.8. The van der Waals surface area contributed by atoms with Crippen molar-refractivity contribution in [2.24, 2.45) is 0 Å². The first-order valence-electron chi connectivity index (χ1n) is 5.08.